The lowest BCUT2D eigenvalue weighted by Crippen LogP contribution is -2.33. The topological polar surface area (TPSA) is 35.5 Å². The van der Waals surface area contributed by atoms with Gasteiger partial charge in [0.05, 0.1) is 10.9 Å². The molecule has 0 radical (unpaired) electrons. The molecule has 0 spiro atoms. The van der Waals surface area contributed by atoms with Gasteiger partial charge in [0.15, 0.2) is 21.3 Å². The number of benzene rings is 2. The average Bonchev–Trinajstić information content (AvgIpc) is 3.29. The molecule has 174 valence electrons. The Morgan fingerprint density at radius 1 is 1.00 bits per heavy atom. The second kappa shape index (κ2) is 10.6. The molecular weight excluding hydrogens is 428 g/mol. The number of esters is 1. The molecule has 1 unspecified atom stereocenters. The second-order valence-corrected chi connectivity index (χ2v) is 11.1. The minimum atomic E-state index is -0.278. The highest BCUT2D eigenvalue weighted by atomic mass is 32.2. The van der Waals surface area contributed by atoms with Crippen molar-refractivity contribution in [1.29, 1.82) is 0 Å². The van der Waals surface area contributed by atoms with Gasteiger partial charge in [-0.25, -0.2) is 4.79 Å². The molecule has 0 saturated heterocycles. The highest BCUT2D eigenvalue weighted by Gasteiger charge is 2.36. The van der Waals surface area contributed by atoms with E-state index in [1.54, 1.807) is 0 Å². The van der Waals surface area contributed by atoms with E-state index in [-0.39, 0.29) is 29.1 Å². The first-order chi connectivity index (χ1) is 16.0. The lowest BCUT2D eigenvalue weighted by atomic mass is 9.99. The smallest absolute Gasteiger partial charge is 0.344 e. The molecule has 0 N–H and O–H groups in total. The number of rotatable bonds is 8. The largest absolute Gasteiger partial charge is 0.481 e. The van der Waals surface area contributed by atoms with E-state index < -0.39 is 0 Å². The number of hydrogen-bond acceptors (Lipinski definition) is 3. The van der Waals surface area contributed by atoms with Crippen LogP contribution in [-0.4, -0.2) is 18.2 Å². The van der Waals surface area contributed by atoms with E-state index in [0.717, 1.165) is 61.8 Å². The van der Waals surface area contributed by atoms with Gasteiger partial charge >= 0.3 is 5.97 Å². The molecule has 4 rings (SSSR count). The Morgan fingerprint density at radius 3 is 2.30 bits per heavy atom. The molecule has 0 aromatic heterocycles. The van der Waals surface area contributed by atoms with Gasteiger partial charge in [0.1, 0.15) is 11.4 Å². The van der Waals surface area contributed by atoms with E-state index in [2.05, 4.69) is 81.5 Å². The van der Waals surface area contributed by atoms with E-state index in [1.165, 1.54) is 14.7 Å². The van der Waals surface area contributed by atoms with Crippen LogP contribution < -0.4 is 4.74 Å². The maximum atomic E-state index is 12.6. The van der Waals surface area contributed by atoms with Crippen molar-refractivity contribution in [2.45, 2.75) is 81.1 Å². The molecule has 33 heavy (non-hydrogen) atoms. The summed E-state index contributed by atoms with van der Waals surface area (Å²) in [5, 5.41) is 0. The Kier molecular flexibility index (Phi) is 7.64. The fourth-order valence-electron chi connectivity index (χ4n) is 4.91. The maximum Gasteiger partial charge on any atom is 0.344 e. The van der Waals surface area contributed by atoms with Gasteiger partial charge in [-0.1, -0.05) is 31.2 Å². The molecule has 2 aliphatic rings. The van der Waals surface area contributed by atoms with Crippen LogP contribution in [-0.2, 0) is 20.4 Å². The first-order valence-corrected chi connectivity index (χ1v) is 13.4. The van der Waals surface area contributed by atoms with Crippen LogP contribution in [0.15, 0.2) is 75.4 Å². The van der Waals surface area contributed by atoms with Crippen LogP contribution in [0.4, 0.5) is 0 Å². The number of allylic oxidation sites excluding steroid dienone is 3. The summed E-state index contributed by atoms with van der Waals surface area (Å²) in [6.07, 6.45) is 14.2. The number of hydrogen-bond donors (Lipinski definition) is 0. The van der Waals surface area contributed by atoms with Crippen LogP contribution in [0.25, 0.3) is 0 Å². The van der Waals surface area contributed by atoms with Crippen molar-refractivity contribution >= 4 is 16.9 Å². The van der Waals surface area contributed by atoms with Crippen LogP contribution in [0.2, 0.25) is 0 Å². The van der Waals surface area contributed by atoms with Gasteiger partial charge in [-0.2, -0.15) is 0 Å². The molecule has 0 heterocycles. The molecule has 4 heteroatoms. The zero-order valence-electron chi connectivity index (χ0n) is 20.1. The van der Waals surface area contributed by atoms with Gasteiger partial charge in [-0.15, -0.1) is 0 Å². The molecule has 0 amide bonds. The first-order valence-electron chi connectivity index (χ1n) is 12.1. The van der Waals surface area contributed by atoms with Gasteiger partial charge in [0.2, 0.25) is 0 Å². The number of aryl methyl sites for hydroxylation is 2. The van der Waals surface area contributed by atoms with Crippen molar-refractivity contribution in [2.75, 3.05) is 6.61 Å². The molecule has 2 aromatic carbocycles. The summed E-state index contributed by atoms with van der Waals surface area (Å²) in [4.78, 5) is 16.5. The summed E-state index contributed by atoms with van der Waals surface area (Å²) >= 11 is 0. The van der Waals surface area contributed by atoms with E-state index in [0.29, 0.717) is 0 Å². The highest BCUT2D eigenvalue weighted by molar-refractivity contribution is 8.00. The van der Waals surface area contributed by atoms with Gasteiger partial charge in [0, 0.05) is 12.1 Å². The van der Waals surface area contributed by atoms with Crippen LogP contribution in [0.3, 0.4) is 0 Å². The lowest BCUT2D eigenvalue weighted by Gasteiger charge is -2.27. The molecular formula is C29H35O3S+. The fourth-order valence-corrected chi connectivity index (χ4v) is 7.26. The zero-order valence-corrected chi connectivity index (χ0v) is 20.9. The lowest BCUT2D eigenvalue weighted by molar-refractivity contribution is -0.162. The summed E-state index contributed by atoms with van der Waals surface area (Å²) in [6.45, 7) is 6.20. The predicted octanol–water partition coefficient (Wildman–Crippen LogP) is 7.22. The van der Waals surface area contributed by atoms with Crippen LogP contribution >= 0.6 is 0 Å². The Hall–Kier alpha value is -2.46. The van der Waals surface area contributed by atoms with Crippen molar-refractivity contribution in [3.8, 4) is 5.75 Å². The molecule has 3 nitrogen and oxygen atoms in total. The zero-order chi connectivity index (χ0) is 23.3. The third kappa shape index (κ3) is 5.55. The standard InChI is InChI=1S/C29H35O3S/c1-4-29(17-11-12-18-29)32-27(30)21-31-28-22(2)19-26(20-23(28)3)33(24-13-7-5-8-14-24)25-15-9-6-10-16-25/h5,7-9,13-16,19-20H,4,6,10-12,17-18,21H2,1-3H3/q+1. The molecule has 2 aromatic rings. The summed E-state index contributed by atoms with van der Waals surface area (Å²) in [5.41, 5.74) is 1.83. The third-order valence-corrected chi connectivity index (χ3v) is 8.89. The van der Waals surface area contributed by atoms with Crippen LogP contribution in [0.5, 0.6) is 5.75 Å². The SMILES string of the molecule is CCC1(OC(=O)COc2c(C)cc([S+](C3=CCCC=C3)c3ccccc3)cc2C)CCCC1. The Labute approximate surface area is 201 Å². The molecule has 1 fully saturated rings. The van der Waals surface area contributed by atoms with Crippen molar-refractivity contribution in [2.24, 2.45) is 0 Å². The average molecular weight is 464 g/mol. The van der Waals surface area contributed by atoms with E-state index >= 15 is 0 Å². The van der Waals surface area contributed by atoms with E-state index in [4.69, 9.17) is 9.47 Å². The number of carbonyl (C=O) groups excluding carboxylic acids is 1. The predicted molar refractivity (Wildman–Crippen MR) is 136 cm³/mol. The molecule has 1 atom stereocenters. The van der Waals surface area contributed by atoms with Crippen molar-refractivity contribution in [1.82, 2.24) is 0 Å². The van der Waals surface area contributed by atoms with Gasteiger partial charge < -0.3 is 9.47 Å². The minimum absolute atomic E-state index is 0.0406. The Balaban J connectivity index is 1.54. The Morgan fingerprint density at radius 2 is 1.70 bits per heavy atom. The minimum Gasteiger partial charge on any atom is -0.481 e. The van der Waals surface area contributed by atoms with Gasteiger partial charge in [-0.05, 0) is 94.2 Å². The van der Waals surface area contributed by atoms with E-state index in [9.17, 15) is 4.79 Å². The van der Waals surface area contributed by atoms with Crippen molar-refractivity contribution in [3.05, 3.63) is 76.7 Å². The number of ether oxygens (including phenoxy) is 2. The van der Waals surface area contributed by atoms with E-state index in [1.807, 2.05) is 0 Å². The summed E-state index contributed by atoms with van der Waals surface area (Å²) in [5.74, 6) is 0.528. The second-order valence-electron chi connectivity index (χ2n) is 9.10. The summed E-state index contributed by atoms with van der Waals surface area (Å²) < 4.78 is 11.9. The van der Waals surface area contributed by atoms with Crippen LogP contribution in [0.1, 0.15) is 63.0 Å². The van der Waals surface area contributed by atoms with Crippen LogP contribution in [0, 0.1) is 13.8 Å². The monoisotopic (exact) mass is 463 g/mol. The maximum absolute atomic E-state index is 12.6. The summed E-state index contributed by atoms with van der Waals surface area (Å²) in [7, 11) is -0.162. The highest BCUT2D eigenvalue weighted by Crippen LogP contribution is 2.38. The summed E-state index contributed by atoms with van der Waals surface area (Å²) in [6, 6.07) is 15.2. The first kappa shape index (κ1) is 23.7. The molecule has 0 bridgehead atoms. The molecule has 1 saturated carbocycles. The Bertz CT molecular complexity index is 1010. The molecule has 0 aliphatic heterocycles. The normalized spacial score (nSPS) is 18.0. The fraction of sp³-hybridized carbons (Fsp3) is 0.414. The van der Waals surface area contributed by atoms with Crippen molar-refractivity contribution in [3.63, 3.8) is 0 Å². The third-order valence-electron chi connectivity index (χ3n) is 6.67. The van der Waals surface area contributed by atoms with Crippen molar-refractivity contribution < 1.29 is 14.3 Å². The van der Waals surface area contributed by atoms with Gasteiger partial charge in [-0.3, -0.25) is 0 Å². The van der Waals surface area contributed by atoms with Gasteiger partial charge in [0.25, 0.3) is 0 Å². The molecule has 2 aliphatic carbocycles. The number of carbonyl (C=O) groups is 1. The quantitative estimate of drug-likeness (QED) is 0.306.